The molecule has 1 aromatic heterocycles. The molecular formula is C26H25F3N6O2. The zero-order chi connectivity index (χ0) is 26.2. The van der Waals surface area contributed by atoms with Crippen molar-refractivity contribution in [1.29, 1.82) is 0 Å². The van der Waals surface area contributed by atoms with Gasteiger partial charge < -0.3 is 16.2 Å². The Labute approximate surface area is 210 Å². The number of nitrogens with zero attached hydrogens (tertiary/aromatic N) is 3. The number of benzene rings is 3. The number of aromatic nitrogens is 2. The first-order chi connectivity index (χ1) is 17.7. The van der Waals surface area contributed by atoms with E-state index in [4.69, 9.17) is 16.2 Å². The number of hydrogen-bond acceptors (Lipinski definition) is 5. The monoisotopic (exact) mass is 510 g/mol. The summed E-state index contributed by atoms with van der Waals surface area (Å²) < 4.78 is 45.1. The zero-order valence-corrected chi connectivity index (χ0v) is 19.8. The summed E-state index contributed by atoms with van der Waals surface area (Å²) in [4.78, 5) is 15.6. The second-order valence-electron chi connectivity index (χ2n) is 8.79. The van der Waals surface area contributed by atoms with Crippen molar-refractivity contribution in [1.82, 2.24) is 15.1 Å². The molecule has 1 aliphatic heterocycles. The number of morpholine rings is 1. The Balaban J connectivity index is 1.48. The molecule has 2 amide bonds. The molecule has 0 saturated carbocycles. The van der Waals surface area contributed by atoms with Gasteiger partial charge >= 0.3 is 12.2 Å². The van der Waals surface area contributed by atoms with Crippen LogP contribution < -0.4 is 16.4 Å². The maximum Gasteiger partial charge on any atom is 0.416 e. The van der Waals surface area contributed by atoms with Crippen LogP contribution in [0.25, 0.3) is 22.0 Å². The molecule has 0 atom stereocenters. The summed E-state index contributed by atoms with van der Waals surface area (Å²) in [5.74, 6) is 0.362. The molecule has 11 heteroatoms. The number of ether oxygens (including phenoxy) is 1. The maximum atomic E-state index is 13.2. The molecule has 8 nitrogen and oxygen atoms in total. The Hall–Kier alpha value is -4.09. The van der Waals surface area contributed by atoms with Gasteiger partial charge in [0.1, 0.15) is 0 Å². The van der Waals surface area contributed by atoms with Crippen molar-refractivity contribution in [2.24, 2.45) is 5.73 Å². The van der Waals surface area contributed by atoms with Gasteiger partial charge in [-0.1, -0.05) is 30.3 Å². The molecule has 1 fully saturated rings. The smallest absolute Gasteiger partial charge is 0.382 e. The summed E-state index contributed by atoms with van der Waals surface area (Å²) in [6, 6.07) is 14.3. The molecular weight excluding hydrogens is 485 g/mol. The predicted molar refractivity (Wildman–Crippen MR) is 135 cm³/mol. The number of rotatable bonds is 5. The Morgan fingerprint density at radius 2 is 1.78 bits per heavy atom. The third kappa shape index (κ3) is 4.95. The van der Waals surface area contributed by atoms with Gasteiger partial charge in [-0.3, -0.25) is 14.9 Å². The van der Waals surface area contributed by atoms with Gasteiger partial charge in [-0.2, -0.15) is 18.3 Å². The van der Waals surface area contributed by atoms with Crippen LogP contribution in [0.4, 0.5) is 35.2 Å². The average Bonchev–Trinajstić information content (AvgIpc) is 3.27. The van der Waals surface area contributed by atoms with E-state index in [-0.39, 0.29) is 5.69 Å². The summed E-state index contributed by atoms with van der Waals surface area (Å²) in [7, 11) is 0. The van der Waals surface area contributed by atoms with E-state index in [0.29, 0.717) is 24.7 Å². The molecule has 0 aliphatic carbocycles. The number of hydrogen-bond donors (Lipinski definition) is 3. The van der Waals surface area contributed by atoms with Crippen LogP contribution in [-0.2, 0) is 17.5 Å². The van der Waals surface area contributed by atoms with Gasteiger partial charge in [-0.05, 0) is 47.0 Å². The third-order valence-corrected chi connectivity index (χ3v) is 6.42. The van der Waals surface area contributed by atoms with E-state index in [1.807, 2.05) is 12.1 Å². The van der Waals surface area contributed by atoms with Crippen LogP contribution in [0, 0.1) is 0 Å². The van der Waals surface area contributed by atoms with Gasteiger partial charge in [0.15, 0.2) is 5.82 Å². The average molecular weight is 511 g/mol. The molecule has 0 radical (unpaired) electrons. The topological polar surface area (TPSA) is 114 Å². The van der Waals surface area contributed by atoms with E-state index >= 15 is 0 Å². The van der Waals surface area contributed by atoms with Crippen LogP contribution in [0.1, 0.15) is 11.1 Å². The van der Waals surface area contributed by atoms with Gasteiger partial charge in [-0.25, -0.2) is 4.79 Å². The van der Waals surface area contributed by atoms with Gasteiger partial charge in [-0.15, -0.1) is 0 Å². The minimum Gasteiger partial charge on any atom is -0.382 e. The molecule has 1 aliphatic rings. The number of halogens is 3. The Morgan fingerprint density at radius 1 is 1.05 bits per heavy atom. The van der Waals surface area contributed by atoms with Crippen LogP contribution in [0.3, 0.4) is 0 Å². The summed E-state index contributed by atoms with van der Waals surface area (Å²) in [5, 5.41) is 8.05. The first-order valence-electron chi connectivity index (χ1n) is 11.6. The van der Waals surface area contributed by atoms with E-state index in [1.54, 1.807) is 24.3 Å². The summed E-state index contributed by atoms with van der Waals surface area (Å²) in [5.41, 5.74) is 14.8. The number of nitrogens with one attached hydrogen (secondary N) is 1. The molecule has 0 bridgehead atoms. The first kappa shape index (κ1) is 24.6. The minimum atomic E-state index is -4.55. The predicted octanol–water partition coefficient (Wildman–Crippen LogP) is 4.88. The van der Waals surface area contributed by atoms with Crippen molar-refractivity contribution in [2.75, 3.05) is 36.9 Å². The highest BCUT2D eigenvalue weighted by molar-refractivity contribution is 6.03. The fraction of sp³-hybridized carbons (Fsp3) is 0.231. The van der Waals surface area contributed by atoms with Crippen LogP contribution in [-0.4, -0.2) is 47.4 Å². The van der Waals surface area contributed by atoms with Crippen LogP contribution in [0.2, 0.25) is 0 Å². The number of nitrogens with two attached hydrogens (primary N) is 2. The van der Waals surface area contributed by atoms with Crippen molar-refractivity contribution in [3.05, 3.63) is 71.8 Å². The second-order valence-corrected chi connectivity index (χ2v) is 8.79. The molecule has 4 aromatic rings. The second kappa shape index (κ2) is 9.75. The van der Waals surface area contributed by atoms with Crippen molar-refractivity contribution in [3.63, 3.8) is 0 Å². The summed E-state index contributed by atoms with van der Waals surface area (Å²) in [6.07, 6.45) is -4.55. The standard InChI is InChI=1S/C26H25F3N6O2/c27-26(28,29)18-2-1-3-20(14-18)35(25(31)36)19-7-4-16(5-8-19)21-9-6-17(15-34-10-12-37-13-11-34)23-22(21)24(30)33-32-23/h1-9,14H,10-13,15H2,(H2,31,36)(H3,30,32,33). The van der Waals surface area contributed by atoms with E-state index < -0.39 is 17.8 Å². The molecule has 0 spiro atoms. The van der Waals surface area contributed by atoms with Crippen molar-refractivity contribution in [2.45, 2.75) is 12.7 Å². The molecule has 37 heavy (non-hydrogen) atoms. The van der Waals surface area contributed by atoms with Crippen LogP contribution >= 0.6 is 0 Å². The largest absolute Gasteiger partial charge is 0.416 e. The molecule has 5 rings (SSSR count). The van der Waals surface area contributed by atoms with Gasteiger partial charge in [0.25, 0.3) is 0 Å². The normalized spacial score (nSPS) is 14.7. The lowest BCUT2D eigenvalue weighted by molar-refractivity contribution is -0.137. The lowest BCUT2D eigenvalue weighted by Gasteiger charge is -2.26. The van der Waals surface area contributed by atoms with Gasteiger partial charge in [0.2, 0.25) is 0 Å². The Bertz CT molecular complexity index is 1430. The lowest BCUT2D eigenvalue weighted by atomic mass is 9.98. The highest BCUT2D eigenvalue weighted by atomic mass is 19.4. The molecule has 192 valence electrons. The van der Waals surface area contributed by atoms with Crippen molar-refractivity contribution >= 4 is 34.1 Å². The number of urea groups is 1. The minimum absolute atomic E-state index is 0.0176. The Morgan fingerprint density at radius 3 is 2.46 bits per heavy atom. The van der Waals surface area contributed by atoms with E-state index in [9.17, 15) is 18.0 Å². The quantitative estimate of drug-likeness (QED) is 0.354. The zero-order valence-electron chi connectivity index (χ0n) is 19.8. The number of alkyl halides is 3. The Kier molecular flexibility index (Phi) is 6.48. The number of anilines is 3. The molecule has 2 heterocycles. The molecule has 1 saturated heterocycles. The number of primary amides is 1. The van der Waals surface area contributed by atoms with Crippen LogP contribution in [0.5, 0.6) is 0 Å². The third-order valence-electron chi connectivity index (χ3n) is 6.42. The number of aromatic amines is 1. The fourth-order valence-electron chi connectivity index (χ4n) is 4.60. The van der Waals surface area contributed by atoms with E-state index in [0.717, 1.165) is 64.3 Å². The SMILES string of the molecule is NC(=O)N(c1ccc(-c2ccc(CN3CCOCC3)c3[nH]nc(N)c23)cc1)c1cccc(C(F)(F)F)c1. The first-order valence-corrected chi connectivity index (χ1v) is 11.6. The molecule has 0 unspecified atom stereocenters. The van der Waals surface area contributed by atoms with Gasteiger partial charge in [0, 0.05) is 19.6 Å². The van der Waals surface area contributed by atoms with Crippen LogP contribution in [0.15, 0.2) is 60.7 Å². The summed E-state index contributed by atoms with van der Waals surface area (Å²) >= 11 is 0. The number of fused-ring (bicyclic) bond motifs is 1. The fourth-order valence-corrected chi connectivity index (χ4v) is 4.60. The molecule has 3 aromatic carbocycles. The highest BCUT2D eigenvalue weighted by Crippen LogP contribution is 2.37. The summed E-state index contributed by atoms with van der Waals surface area (Å²) in [6.45, 7) is 3.81. The van der Waals surface area contributed by atoms with Crippen molar-refractivity contribution in [3.8, 4) is 11.1 Å². The van der Waals surface area contributed by atoms with E-state index in [1.165, 1.54) is 12.1 Å². The van der Waals surface area contributed by atoms with Crippen molar-refractivity contribution < 1.29 is 22.7 Å². The van der Waals surface area contributed by atoms with Gasteiger partial charge in [0.05, 0.1) is 41.1 Å². The number of amides is 2. The van der Waals surface area contributed by atoms with E-state index in [2.05, 4.69) is 15.1 Å². The highest BCUT2D eigenvalue weighted by Gasteiger charge is 2.31. The number of carbonyl (C=O) groups excluding carboxylic acids is 1. The number of carbonyl (C=O) groups is 1. The number of nitrogen functional groups attached to an aromatic ring is 1. The molecule has 5 N–H and O–H groups in total. The lowest BCUT2D eigenvalue weighted by Crippen LogP contribution is -2.35. The maximum absolute atomic E-state index is 13.2. The number of H-pyrrole nitrogens is 1.